The van der Waals surface area contributed by atoms with E-state index < -0.39 is 0 Å². The molecule has 3 heterocycles. The van der Waals surface area contributed by atoms with Gasteiger partial charge in [-0.05, 0) is 26.2 Å². The van der Waals surface area contributed by atoms with E-state index in [2.05, 4.69) is 10.3 Å². The first-order chi connectivity index (χ1) is 10.7. The van der Waals surface area contributed by atoms with Gasteiger partial charge in [-0.3, -0.25) is 0 Å². The summed E-state index contributed by atoms with van der Waals surface area (Å²) in [5.74, 6) is 0. The number of morpholine rings is 1. The molecular formula is C15H23N3O3S. The maximum absolute atomic E-state index is 12.5. The molecule has 22 heavy (non-hydrogen) atoms. The fourth-order valence-corrected chi connectivity index (χ4v) is 3.65. The normalized spacial score (nSPS) is 26.5. The summed E-state index contributed by atoms with van der Waals surface area (Å²) < 4.78 is 11.2. The summed E-state index contributed by atoms with van der Waals surface area (Å²) in [5, 5.41) is 6.11. The Balaban J connectivity index is 1.55. The summed E-state index contributed by atoms with van der Waals surface area (Å²) in [6.07, 6.45) is 2.79. The first kappa shape index (κ1) is 15.7. The molecule has 0 radical (unpaired) electrons. The van der Waals surface area contributed by atoms with Crippen molar-refractivity contribution >= 4 is 17.4 Å². The lowest BCUT2D eigenvalue weighted by atomic mass is 10.1. The standard InChI is InChI=1S/C15H23N3O3S/c1-11-10-22-14(16-11)13-9-18(5-8-21-13)15(19)17-12-3-2-6-20-7-4-12/h10,12-13H,2-9H2,1H3,(H,17,19)/t12-,13-/m1/s1. The molecular weight excluding hydrogens is 302 g/mol. The monoisotopic (exact) mass is 325 g/mol. The third kappa shape index (κ3) is 3.97. The summed E-state index contributed by atoms with van der Waals surface area (Å²) in [7, 11) is 0. The Morgan fingerprint density at radius 1 is 1.41 bits per heavy atom. The number of hydrogen-bond acceptors (Lipinski definition) is 5. The van der Waals surface area contributed by atoms with Gasteiger partial charge in [-0.1, -0.05) is 0 Å². The van der Waals surface area contributed by atoms with Crippen molar-refractivity contribution < 1.29 is 14.3 Å². The average Bonchev–Trinajstić information content (AvgIpc) is 2.80. The summed E-state index contributed by atoms with van der Waals surface area (Å²) in [6.45, 7) is 5.27. The van der Waals surface area contributed by atoms with E-state index in [0.29, 0.717) is 19.7 Å². The van der Waals surface area contributed by atoms with Crippen LogP contribution in [-0.4, -0.2) is 54.9 Å². The molecule has 1 aromatic rings. The smallest absolute Gasteiger partial charge is 0.317 e. The van der Waals surface area contributed by atoms with E-state index in [1.165, 1.54) is 0 Å². The molecule has 7 heteroatoms. The van der Waals surface area contributed by atoms with Gasteiger partial charge in [0.25, 0.3) is 0 Å². The van der Waals surface area contributed by atoms with Gasteiger partial charge in [0.15, 0.2) is 0 Å². The number of carbonyl (C=O) groups is 1. The van der Waals surface area contributed by atoms with Gasteiger partial charge in [0.2, 0.25) is 0 Å². The van der Waals surface area contributed by atoms with Gasteiger partial charge in [-0.15, -0.1) is 11.3 Å². The van der Waals surface area contributed by atoms with E-state index in [-0.39, 0.29) is 18.2 Å². The van der Waals surface area contributed by atoms with Crippen molar-refractivity contribution in [2.24, 2.45) is 0 Å². The third-order valence-electron chi connectivity index (χ3n) is 4.05. The Bertz CT molecular complexity index is 500. The summed E-state index contributed by atoms with van der Waals surface area (Å²) in [5.41, 5.74) is 1.00. The van der Waals surface area contributed by atoms with Crippen LogP contribution in [0.25, 0.3) is 0 Å². The number of urea groups is 1. The van der Waals surface area contributed by atoms with Crippen molar-refractivity contribution in [1.29, 1.82) is 0 Å². The number of nitrogens with zero attached hydrogens (tertiary/aromatic N) is 2. The van der Waals surface area contributed by atoms with Crippen molar-refractivity contribution in [2.75, 3.05) is 32.9 Å². The first-order valence-electron chi connectivity index (χ1n) is 7.89. The zero-order chi connectivity index (χ0) is 15.4. The first-order valence-corrected chi connectivity index (χ1v) is 8.77. The third-order valence-corrected chi connectivity index (χ3v) is 5.10. The Kier molecular flexibility index (Phi) is 5.28. The van der Waals surface area contributed by atoms with Crippen molar-refractivity contribution in [3.05, 3.63) is 16.1 Å². The molecule has 0 saturated carbocycles. The van der Waals surface area contributed by atoms with Crippen LogP contribution in [0.5, 0.6) is 0 Å². The van der Waals surface area contributed by atoms with Crippen LogP contribution in [0.4, 0.5) is 4.79 Å². The molecule has 2 fully saturated rings. The minimum atomic E-state index is -0.101. The topological polar surface area (TPSA) is 63.7 Å². The molecule has 2 amide bonds. The zero-order valence-electron chi connectivity index (χ0n) is 12.9. The molecule has 2 aliphatic heterocycles. The number of hydrogen-bond donors (Lipinski definition) is 1. The van der Waals surface area contributed by atoms with Crippen LogP contribution >= 0.6 is 11.3 Å². The van der Waals surface area contributed by atoms with Gasteiger partial charge in [-0.25, -0.2) is 9.78 Å². The average molecular weight is 325 g/mol. The Morgan fingerprint density at radius 2 is 2.32 bits per heavy atom. The quantitative estimate of drug-likeness (QED) is 0.904. The van der Waals surface area contributed by atoms with Crippen LogP contribution in [0.2, 0.25) is 0 Å². The molecule has 0 aliphatic carbocycles. The van der Waals surface area contributed by atoms with Crippen LogP contribution in [0.1, 0.15) is 36.1 Å². The van der Waals surface area contributed by atoms with Crippen molar-refractivity contribution in [3.8, 4) is 0 Å². The molecule has 122 valence electrons. The van der Waals surface area contributed by atoms with E-state index in [4.69, 9.17) is 9.47 Å². The second kappa shape index (κ2) is 7.39. The zero-order valence-corrected chi connectivity index (χ0v) is 13.7. The number of rotatable bonds is 2. The number of amides is 2. The molecule has 2 saturated heterocycles. The molecule has 0 unspecified atom stereocenters. The second-order valence-electron chi connectivity index (χ2n) is 5.82. The van der Waals surface area contributed by atoms with Crippen LogP contribution < -0.4 is 5.32 Å². The van der Waals surface area contributed by atoms with Gasteiger partial charge < -0.3 is 19.7 Å². The molecule has 2 aliphatic rings. The molecule has 0 bridgehead atoms. The number of aryl methyl sites for hydroxylation is 1. The highest BCUT2D eigenvalue weighted by Crippen LogP contribution is 2.25. The maximum Gasteiger partial charge on any atom is 0.317 e. The maximum atomic E-state index is 12.5. The fourth-order valence-electron chi connectivity index (χ4n) is 2.82. The van der Waals surface area contributed by atoms with Crippen molar-refractivity contribution in [1.82, 2.24) is 15.2 Å². The Hall–Kier alpha value is -1.18. The Morgan fingerprint density at radius 3 is 3.14 bits per heavy atom. The number of nitrogens with one attached hydrogen (secondary N) is 1. The highest BCUT2D eigenvalue weighted by atomic mass is 32.1. The Labute approximate surface area is 134 Å². The van der Waals surface area contributed by atoms with Crippen LogP contribution in [-0.2, 0) is 9.47 Å². The molecule has 3 rings (SSSR count). The predicted molar refractivity (Wildman–Crippen MR) is 84.1 cm³/mol. The molecule has 1 aromatic heterocycles. The van der Waals surface area contributed by atoms with Gasteiger partial charge in [0.05, 0.1) is 13.2 Å². The van der Waals surface area contributed by atoms with E-state index >= 15 is 0 Å². The van der Waals surface area contributed by atoms with E-state index in [0.717, 1.165) is 43.2 Å². The van der Waals surface area contributed by atoms with Crippen LogP contribution in [0.15, 0.2) is 5.38 Å². The number of aromatic nitrogens is 1. The number of carbonyl (C=O) groups excluding carboxylic acids is 1. The minimum absolute atomic E-state index is 0.00785. The molecule has 1 N–H and O–H groups in total. The SMILES string of the molecule is Cc1csc([C@H]2CN(C(=O)N[C@@H]3CCCOCC3)CCO2)n1. The number of ether oxygens (including phenoxy) is 2. The lowest BCUT2D eigenvalue weighted by molar-refractivity contribution is -0.0160. The molecule has 0 spiro atoms. The van der Waals surface area contributed by atoms with E-state index in [1.54, 1.807) is 11.3 Å². The molecule has 6 nitrogen and oxygen atoms in total. The van der Waals surface area contributed by atoms with Gasteiger partial charge in [0.1, 0.15) is 11.1 Å². The van der Waals surface area contributed by atoms with E-state index in [9.17, 15) is 4.79 Å². The molecule has 0 aromatic carbocycles. The minimum Gasteiger partial charge on any atom is -0.381 e. The highest BCUT2D eigenvalue weighted by Gasteiger charge is 2.28. The summed E-state index contributed by atoms with van der Waals surface area (Å²) in [6, 6.07) is 0.229. The summed E-state index contributed by atoms with van der Waals surface area (Å²) >= 11 is 1.60. The number of thiazole rings is 1. The lowest BCUT2D eigenvalue weighted by Crippen LogP contribution is -2.50. The van der Waals surface area contributed by atoms with Gasteiger partial charge in [-0.2, -0.15) is 0 Å². The van der Waals surface area contributed by atoms with Crippen LogP contribution in [0.3, 0.4) is 0 Å². The highest BCUT2D eigenvalue weighted by molar-refractivity contribution is 7.09. The van der Waals surface area contributed by atoms with Crippen molar-refractivity contribution in [2.45, 2.75) is 38.3 Å². The largest absolute Gasteiger partial charge is 0.381 e. The summed E-state index contributed by atoms with van der Waals surface area (Å²) in [4.78, 5) is 18.8. The van der Waals surface area contributed by atoms with Crippen molar-refractivity contribution in [3.63, 3.8) is 0 Å². The molecule has 2 atom stereocenters. The predicted octanol–water partition coefficient (Wildman–Crippen LogP) is 2.10. The fraction of sp³-hybridized carbons (Fsp3) is 0.733. The van der Waals surface area contributed by atoms with E-state index in [1.807, 2.05) is 17.2 Å². The van der Waals surface area contributed by atoms with Gasteiger partial charge >= 0.3 is 6.03 Å². The van der Waals surface area contributed by atoms with Crippen LogP contribution in [0, 0.1) is 6.92 Å². The van der Waals surface area contributed by atoms with Gasteiger partial charge in [0, 0.05) is 36.9 Å². The second-order valence-corrected chi connectivity index (χ2v) is 6.71. The lowest BCUT2D eigenvalue weighted by Gasteiger charge is -2.33.